The lowest BCUT2D eigenvalue weighted by atomic mass is 10.1. The zero-order valence-corrected chi connectivity index (χ0v) is 14.0. The molecule has 0 saturated heterocycles. The summed E-state index contributed by atoms with van der Waals surface area (Å²) in [4.78, 5) is 1.31. The highest BCUT2D eigenvalue weighted by molar-refractivity contribution is 7.98. The molecule has 2 aromatic carbocycles. The van der Waals surface area contributed by atoms with Gasteiger partial charge in [-0.25, -0.2) is 0 Å². The van der Waals surface area contributed by atoms with Crippen LogP contribution in [-0.4, -0.2) is 12.3 Å². The molecule has 1 nitrogen and oxygen atoms in total. The molecule has 0 bridgehead atoms. The van der Waals surface area contributed by atoms with E-state index in [0.29, 0.717) is 12.1 Å². The molecule has 0 aliphatic heterocycles. The first-order chi connectivity index (χ1) is 10.2. The van der Waals surface area contributed by atoms with E-state index in [0.717, 1.165) is 17.9 Å². The van der Waals surface area contributed by atoms with Gasteiger partial charge in [0.15, 0.2) is 0 Å². The second-order valence-electron chi connectivity index (χ2n) is 5.68. The maximum absolute atomic E-state index is 6.08. The molecule has 3 heteroatoms. The molecular formula is C18H20ClNS. The normalized spacial score (nSPS) is 18.5. The van der Waals surface area contributed by atoms with Crippen LogP contribution in [0.25, 0.3) is 0 Å². The number of rotatable bonds is 4. The molecule has 110 valence electrons. The van der Waals surface area contributed by atoms with Crippen molar-refractivity contribution in [1.29, 1.82) is 0 Å². The van der Waals surface area contributed by atoms with Crippen molar-refractivity contribution in [3.05, 3.63) is 64.2 Å². The van der Waals surface area contributed by atoms with Crippen LogP contribution in [0, 0.1) is 0 Å². The minimum atomic E-state index is 0.371. The maximum atomic E-state index is 6.08. The van der Waals surface area contributed by atoms with Crippen LogP contribution in [-0.2, 0) is 12.8 Å². The van der Waals surface area contributed by atoms with Crippen LogP contribution in [0.1, 0.15) is 29.7 Å². The van der Waals surface area contributed by atoms with Gasteiger partial charge in [0.05, 0.1) is 0 Å². The maximum Gasteiger partial charge on any atom is 0.0408 e. The molecule has 3 rings (SSSR count). The summed E-state index contributed by atoms with van der Waals surface area (Å²) in [5.41, 5.74) is 4.17. The van der Waals surface area contributed by atoms with Crippen molar-refractivity contribution >= 4 is 23.4 Å². The standard InChI is InChI=1S/C18H20ClNS/c1-12(13-4-7-18(21-2)8-5-13)20-17-10-14-3-6-16(19)9-15(14)11-17/h3-9,12,17,20H,10-11H2,1-2H3. The van der Waals surface area contributed by atoms with Gasteiger partial charge in [0.1, 0.15) is 0 Å². The molecule has 1 N–H and O–H groups in total. The number of halogens is 1. The zero-order valence-electron chi connectivity index (χ0n) is 12.4. The summed E-state index contributed by atoms with van der Waals surface area (Å²) in [5.74, 6) is 0. The fourth-order valence-corrected chi connectivity index (χ4v) is 3.65. The van der Waals surface area contributed by atoms with E-state index in [-0.39, 0.29) is 0 Å². The minimum Gasteiger partial charge on any atom is -0.307 e. The number of nitrogens with one attached hydrogen (secondary N) is 1. The third kappa shape index (κ3) is 3.45. The van der Waals surface area contributed by atoms with Crippen LogP contribution in [0.3, 0.4) is 0 Å². The van der Waals surface area contributed by atoms with Crippen LogP contribution in [0.5, 0.6) is 0 Å². The highest BCUT2D eigenvalue weighted by Gasteiger charge is 2.23. The lowest BCUT2D eigenvalue weighted by Crippen LogP contribution is -2.32. The summed E-state index contributed by atoms with van der Waals surface area (Å²) in [7, 11) is 0. The SMILES string of the molecule is CSc1ccc(C(C)NC2Cc3ccc(Cl)cc3C2)cc1. The molecule has 21 heavy (non-hydrogen) atoms. The van der Waals surface area contributed by atoms with E-state index in [1.807, 2.05) is 6.07 Å². The first kappa shape index (κ1) is 15.0. The van der Waals surface area contributed by atoms with Crippen LogP contribution in [0.4, 0.5) is 0 Å². The van der Waals surface area contributed by atoms with Gasteiger partial charge >= 0.3 is 0 Å². The number of hydrogen-bond acceptors (Lipinski definition) is 2. The molecule has 0 spiro atoms. The third-order valence-electron chi connectivity index (χ3n) is 4.20. The molecule has 0 aromatic heterocycles. The second-order valence-corrected chi connectivity index (χ2v) is 7.00. The van der Waals surface area contributed by atoms with Gasteiger partial charge in [-0.2, -0.15) is 0 Å². The zero-order chi connectivity index (χ0) is 14.8. The number of thioether (sulfide) groups is 1. The van der Waals surface area contributed by atoms with Crippen LogP contribution in [0.15, 0.2) is 47.4 Å². The topological polar surface area (TPSA) is 12.0 Å². The molecule has 0 heterocycles. The van der Waals surface area contributed by atoms with E-state index in [1.165, 1.54) is 21.6 Å². The van der Waals surface area contributed by atoms with Crippen molar-refractivity contribution in [3.63, 3.8) is 0 Å². The Morgan fingerprint density at radius 1 is 1.10 bits per heavy atom. The van der Waals surface area contributed by atoms with Gasteiger partial charge in [-0.1, -0.05) is 29.8 Å². The van der Waals surface area contributed by atoms with Gasteiger partial charge in [0.2, 0.25) is 0 Å². The quantitative estimate of drug-likeness (QED) is 0.807. The fourth-order valence-electron chi connectivity index (χ4n) is 3.05. The van der Waals surface area contributed by atoms with Crippen molar-refractivity contribution in [2.45, 2.75) is 36.7 Å². The summed E-state index contributed by atoms with van der Waals surface area (Å²) in [6.45, 7) is 2.24. The molecule has 2 atom stereocenters. The molecule has 1 aliphatic rings. The molecular weight excluding hydrogens is 298 g/mol. The van der Waals surface area contributed by atoms with Crippen molar-refractivity contribution in [3.8, 4) is 0 Å². The second kappa shape index (κ2) is 6.43. The highest BCUT2D eigenvalue weighted by Crippen LogP contribution is 2.27. The summed E-state index contributed by atoms with van der Waals surface area (Å²) in [6, 6.07) is 16.0. The van der Waals surface area contributed by atoms with Gasteiger partial charge < -0.3 is 5.32 Å². The summed E-state index contributed by atoms with van der Waals surface area (Å²) in [6.07, 6.45) is 4.28. The Kier molecular flexibility index (Phi) is 4.58. The average Bonchev–Trinajstić information content (AvgIpc) is 2.88. The van der Waals surface area contributed by atoms with E-state index in [9.17, 15) is 0 Å². The smallest absolute Gasteiger partial charge is 0.0408 e. The predicted octanol–water partition coefficient (Wildman–Crippen LogP) is 4.88. The summed E-state index contributed by atoms with van der Waals surface area (Å²) < 4.78 is 0. The molecule has 0 saturated carbocycles. The van der Waals surface area contributed by atoms with E-state index in [4.69, 9.17) is 11.6 Å². The van der Waals surface area contributed by atoms with E-state index < -0.39 is 0 Å². The Bertz CT molecular complexity index is 624. The Morgan fingerprint density at radius 3 is 2.52 bits per heavy atom. The number of fused-ring (bicyclic) bond motifs is 1. The van der Waals surface area contributed by atoms with Gasteiger partial charge in [-0.3, -0.25) is 0 Å². The number of benzene rings is 2. The minimum absolute atomic E-state index is 0.371. The molecule has 1 aliphatic carbocycles. The Labute approximate surface area is 136 Å². The monoisotopic (exact) mass is 317 g/mol. The van der Waals surface area contributed by atoms with Gasteiger partial charge in [-0.05, 0) is 67.0 Å². The first-order valence-corrected chi connectivity index (χ1v) is 8.93. The average molecular weight is 318 g/mol. The van der Waals surface area contributed by atoms with Crippen molar-refractivity contribution < 1.29 is 0 Å². The number of hydrogen-bond donors (Lipinski definition) is 1. The fraction of sp³-hybridized carbons (Fsp3) is 0.333. The lowest BCUT2D eigenvalue weighted by Gasteiger charge is -2.19. The van der Waals surface area contributed by atoms with Gasteiger partial charge in [0, 0.05) is 22.0 Å². The Hall–Kier alpha value is -0.960. The Balaban J connectivity index is 1.65. The van der Waals surface area contributed by atoms with Crippen molar-refractivity contribution in [1.82, 2.24) is 5.32 Å². The predicted molar refractivity (Wildman–Crippen MR) is 92.4 cm³/mol. The molecule has 0 amide bonds. The van der Waals surface area contributed by atoms with Gasteiger partial charge in [-0.15, -0.1) is 11.8 Å². The van der Waals surface area contributed by atoms with E-state index >= 15 is 0 Å². The van der Waals surface area contributed by atoms with Crippen molar-refractivity contribution in [2.24, 2.45) is 0 Å². The lowest BCUT2D eigenvalue weighted by molar-refractivity contribution is 0.467. The summed E-state index contributed by atoms with van der Waals surface area (Å²) >= 11 is 7.86. The third-order valence-corrected chi connectivity index (χ3v) is 5.18. The molecule has 0 radical (unpaired) electrons. The van der Waals surface area contributed by atoms with E-state index in [2.05, 4.69) is 54.9 Å². The largest absolute Gasteiger partial charge is 0.307 e. The highest BCUT2D eigenvalue weighted by atomic mass is 35.5. The van der Waals surface area contributed by atoms with Crippen molar-refractivity contribution in [2.75, 3.05) is 6.26 Å². The van der Waals surface area contributed by atoms with Crippen LogP contribution >= 0.6 is 23.4 Å². The van der Waals surface area contributed by atoms with Crippen LogP contribution < -0.4 is 5.32 Å². The molecule has 0 fully saturated rings. The molecule has 2 unspecified atom stereocenters. The Morgan fingerprint density at radius 2 is 1.81 bits per heavy atom. The first-order valence-electron chi connectivity index (χ1n) is 7.33. The van der Waals surface area contributed by atoms with E-state index in [1.54, 1.807) is 11.8 Å². The summed E-state index contributed by atoms with van der Waals surface area (Å²) in [5, 5.41) is 4.59. The molecule has 2 aromatic rings. The van der Waals surface area contributed by atoms with Crippen LogP contribution in [0.2, 0.25) is 5.02 Å². The van der Waals surface area contributed by atoms with Gasteiger partial charge in [0.25, 0.3) is 0 Å².